The maximum atomic E-state index is 12.7. The van der Waals surface area contributed by atoms with Crippen molar-refractivity contribution in [1.82, 2.24) is 0 Å². The van der Waals surface area contributed by atoms with Crippen molar-refractivity contribution in [3.63, 3.8) is 0 Å². The lowest BCUT2D eigenvalue weighted by Gasteiger charge is -2.45. The van der Waals surface area contributed by atoms with E-state index in [1.807, 2.05) is 13.0 Å². The van der Waals surface area contributed by atoms with Crippen molar-refractivity contribution >= 4 is 17.7 Å². The van der Waals surface area contributed by atoms with Crippen LogP contribution in [0.25, 0.3) is 0 Å². The second kappa shape index (κ2) is 27.2. The molecule has 65 heavy (non-hydrogen) atoms. The van der Waals surface area contributed by atoms with Gasteiger partial charge in [0.2, 0.25) is 0 Å². The van der Waals surface area contributed by atoms with Gasteiger partial charge in [-0.25, -0.2) is 0 Å². The molecule has 3 rings (SSSR count). The number of Topliss-reactive ketones (excluding diaryl/α,β-unsaturated/α-hetero) is 1. The summed E-state index contributed by atoms with van der Waals surface area (Å²) in [6.07, 6.45) is 3.67. The van der Waals surface area contributed by atoms with Crippen LogP contribution in [0.5, 0.6) is 0 Å². The van der Waals surface area contributed by atoms with Crippen molar-refractivity contribution in [3.05, 3.63) is 85.1 Å². The third-order valence-corrected chi connectivity index (χ3v) is 11.9. The number of hydrogen-bond acceptors (Lipinski definition) is 17. The molecule has 0 aliphatic carbocycles. The van der Waals surface area contributed by atoms with Gasteiger partial charge in [-0.2, -0.15) is 0 Å². The topological polar surface area (TPSA) is 316 Å². The normalized spacial score (nSPS) is 44.4. The van der Waals surface area contributed by atoms with Crippen molar-refractivity contribution in [1.29, 1.82) is 0 Å². The van der Waals surface area contributed by atoms with Crippen LogP contribution in [0, 0.1) is 17.8 Å². The number of ketones is 1. The number of carboxylic acid groups (broad SMARTS) is 1. The van der Waals surface area contributed by atoms with Crippen LogP contribution in [0.15, 0.2) is 85.1 Å². The molecule has 12 N–H and O–H groups in total. The highest BCUT2D eigenvalue weighted by atomic mass is 16.7. The Morgan fingerprint density at radius 2 is 1.23 bits per heavy atom. The van der Waals surface area contributed by atoms with E-state index in [0.29, 0.717) is 0 Å². The van der Waals surface area contributed by atoms with Gasteiger partial charge in [-0.05, 0) is 20.3 Å². The lowest BCUT2D eigenvalue weighted by Crippen LogP contribution is -2.61. The van der Waals surface area contributed by atoms with Gasteiger partial charge in [0, 0.05) is 50.4 Å². The highest BCUT2D eigenvalue weighted by Crippen LogP contribution is 2.38. The molecule has 0 radical (unpaired) electrons. The zero-order chi connectivity index (χ0) is 48.4. The molecule has 2 bridgehead atoms. The van der Waals surface area contributed by atoms with Gasteiger partial charge in [0.05, 0.1) is 73.5 Å². The predicted octanol–water partition coefficient (Wildman–Crippen LogP) is 0.920. The summed E-state index contributed by atoms with van der Waals surface area (Å²) in [4.78, 5) is 37.8. The number of hydrogen-bond donors (Lipinski definition) is 11. The highest BCUT2D eigenvalue weighted by Gasteiger charge is 2.51. The Labute approximate surface area is 380 Å². The number of carboxylic acids is 1. The molecule has 0 amide bonds. The van der Waals surface area contributed by atoms with E-state index in [9.17, 15) is 65.4 Å². The predicted molar refractivity (Wildman–Crippen MR) is 236 cm³/mol. The summed E-state index contributed by atoms with van der Waals surface area (Å²) in [5.41, 5.74) is 6.01. The van der Waals surface area contributed by atoms with Crippen LogP contribution in [0.3, 0.4) is 0 Å². The Morgan fingerprint density at radius 1 is 0.692 bits per heavy atom. The summed E-state index contributed by atoms with van der Waals surface area (Å²) in [7, 11) is 0. The molecule has 2 fully saturated rings. The molecule has 0 spiro atoms. The van der Waals surface area contributed by atoms with Gasteiger partial charge in [0.15, 0.2) is 12.1 Å². The largest absolute Gasteiger partial charge is 0.481 e. The van der Waals surface area contributed by atoms with Crippen LogP contribution in [0.1, 0.15) is 79.1 Å². The second-order valence-electron chi connectivity index (χ2n) is 17.4. The van der Waals surface area contributed by atoms with Gasteiger partial charge in [-0.15, -0.1) is 0 Å². The third kappa shape index (κ3) is 18.5. The maximum Gasteiger partial charge on any atom is 0.311 e. The summed E-state index contributed by atoms with van der Waals surface area (Å²) in [6, 6.07) is -1.15. The number of carbonyl (C=O) groups is 3. The molecule has 18 nitrogen and oxygen atoms in total. The number of aliphatic carboxylic acids is 1. The summed E-state index contributed by atoms with van der Waals surface area (Å²) < 4.78 is 23.1. The van der Waals surface area contributed by atoms with E-state index in [0.717, 1.165) is 0 Å². The van der Waals surface area contributed by atoms with E-state index in [2.05, 4.69) is 0 Å². The lowest BCUT2D eigenvalue weighted by atomic mass is 9.82. The number of ether oxygens (including phenoxy) is 4. The molecular weight excluding hydrogens is 851 g/mol. The average Bonchev–Trinajstić information content (AvgIpc) is 3.21. The van der Waals surface area contributed by atoms with Crippen LogP contribution >= 0.6 is 0 Å². The molecular formula is C47H71NO17. The monoisotopic (exact) mass is 921 g/mol. The Bertz CT molecular complexity index is 1710. The van der Waals surface area contributed by atoms with Crippen molar-refractivity contribution in [2.24, 2.45) is 23.5 Å². The van der Waals surface area contributed by atoms with Crippen LogP contribution in [0.4, 0.5) is 0 Å². The fourth-order valence-electron chi connectivity index (χ4n) is 7.82. The molecule has 18 atom stereocenters. The van der Waals surface area contributed by atoms with Crippen molar-refractivity contribution in [2.45, 2.75) is 170 Å². The van der Waals surface area contributed by atoms with Crippen LogP contribution in [-0.4, -0.2) is 160 Å². The average molecular weight is 922 g/mol. The first-order chi connectivity index (χ1) is 30.6. The van der Waals surface area contributed by atoms with Gasteiger partial charge in [-0.1, -0.05) is 98.9 Å². The molecule has 0 aromatic rings. The number of carbonyl (C=O) groups excluding carboxylic acids is 2. The first-order valence-corrected chi connectivity index (χ1v) is 22.2. The van der Waals surface area contributed by atoms with E-state index in [-0.39, 0.29) is 31.6 Å². The summed E-state index contributed by atoms with van der Waals surface area (Å²) in [5.74, 6) is -7.51. The minimum atomic E-state index is -2.38. The minimum Gasteiger partial charge on any atom is -0.481 e. The molecule has 3 heterocycles. The maximum absolute atomic E-state index is 12.7. The Balaban J connectivity index is 1.86. The van der Waals surface area contributed by atoms with E-state index < -0.39 is 147 Å². The fourth-order valence-corrected chi connectivity index (χ4v) is 7.82. The molecule has 0 aromatic carbocycles. The van der Waals surface area contributed by atoms with Crippen LogP contribution in [0.2, 0.25) is 0 Å². The minimum absolute atomic E-state index is 0.291. The molecule has 18 heteroatoms. The number of esters is 1. The van der Waals surface area contributed by atoms with Crippen LogP contribution in [-0.2, 0) is 33.3 Å². The molecule has 2 saturated heterocycles. The zero-order valence-electron chi connectivity index (χ0n) is 37.5. The van der Waals surface area contributed by atoms with Crippen molar-refractivity contribution < 1.29 is 84.4 Å². The number of fused-ring (bicyclic) bond motifs is 2. The standard InChI is InChI=1S/C47H71NO17/c1-27-17-15-13-11-9-7-5-6-8-10-12-14-16-18-34(64-46-44(58)41(48)43(57)30(4)63-46)24-38-40(45(59)60)37(54)26-47(61,65-38)25-36(53)35(52)20-19-31(49)21-32(50)22-33(51)23-39(55)62-29(3)28(2)42(27)56/h5-18,27-30,32-38,40-44,46,50-54,56-58,61H,19-26,48H2,1-4H3,(H,59,60)/b6-5+,9-7+,10-8+,13-11-,14-12+,17-15+,18-16+. The van der Waals surface area contributed by atoms with Crippen LogP contribution < -0.4 is 5.73 Å². The van der Waals surface area contributed by atoms with Gasteiger partial charge in [0.1, 0.15) is 23.9 Å². The first-order valence-electron chi connectivity index (χ1n) is 22.2. The number of nitrogens with two attached hydrogens (primary N) is 1. The summed E-state index contributed by atoms with van der Waals surface area (Å²) in [5, 5.41) is 107. The first kappa shape index (κ1) is 55.6. The SMILES string of the molecule is CC1/C=C/C=C\C=C\C=C\C=C\C=C\C=C\C(OC2OC(C)C(O)C(N)C2O)CC2OC(O)(CC(O)C(O)CCC(=O)CC(O)CC(O)CC(=O)OC(C)C(C)C1O)CC(O)C2C(=O)O. The Kier molecular flexibility index (Phi) is 23.2. The molecule has 0 aromatic heterocycles. The Morgan fingerprint density at radius 3 is 1.82 bits per heavy atom. The number of allylic oxidation sites excluding steroid dienone is 12. The third-order valence-electron chi connectivity index (χ3n) is 11.9. The molecule has 366 valence electrons. The van der Waals surface area contributed by atoms with E-state index in [1.165, 1.54) is 13.0 Å². The number of aliphatic hydroxyl groups excluding tert-OH is 8. The summed E-state index contributed by atoms with van der Waals surface area (Å²) >= 11 is 0. The summed E-state index contributed by atoms with van der Waals surface area (Å²) in [6.45, 7) is 6.70. The smallest absolute Gasteiger partial charge is 0.311 e. The van der Waals surface area contributed by atoms with Crippen molar-refractivity contribution in [3.8, 4) is 0 Å². The number of aliphatic hydroxyl groups is 9. The molecule has 18 unspecified atom stereocenters. The molecule has 3 aliphatic heterocycles. The van der Waals surface area contributed by atoms with Gasteiger partial charge in [-0.3, -0.25) is 14.4 Å². The quantitative estimate of drug-likeness (QED) is 0.175. The second-order valence-corrected chi connectivity index (χ2v) is 17.4. The van der Waals surface area contributed by atoms with E-state index in [4.69, 9.17) is 24.7 Å². The Hall–Kier alpha value is -3.73. The number of cyclic esters (lactones) is 1. The van der Waals surface area contributed by atoms with E-state index in [1.54, 1.807) is 86.8 Å². The van der Waals surface area contributed by atoms with E-state index >= 15 is 0 Å². The van der Waals surface area contributed by atoms with Gasteiger partial charge < -0.3 is 75.7 Å². The van der Waals surface area contributed by atoms with Gasteiger partial charge in [0.25, 0.3) is 0 Å². The highest BCUT2D eigenvalue weighted by molar-refractivity contribution is 5.78. The van der Waals surface area contributed by atoms with Gasteiger partial charge >= 0.3 is 11.9 Å². The number of rotatable bonds is 3. The molecule has 0 saturated carbocycles. The zero-order valence-corrected chi connectivity index (χ0v) is 37.5. The van der Waals surface area contributed by atoms with Crippen molar-refractivity contribution in [2.75, 3.05) is 0 Å². The fraction of sp³-hybridized carbons (Fsp3) is 0.638. The lowest BCUT2D eigenvalue weighted by molar-refractivity contribution is -0.310. The molecule has 3 aliphatic rings.